The Kier molecular flexibility index (Phi) is 6.29. The molecule has 21 heavy (non-hydrogen) atoms. The van der Waals surface area contributed by atoms with Crippen molar-refractivity contribution in [3.05, 3.63) is 34.9 Å². The molecular weight excluding hydrogens is 292 g/mol. The fourth-order valence-electron chi connectivity index (χ4n) is 2.20. The Labute approximate surface area is 129 Å². The van der Waals surface area contributed by atoms with Crippen molar-refractivity contribution in [1.29, 1.82) is 0 Å². The third kappa shape index (κ3) is 5.53. The van der Waals surface area contributed by atoms with Gasteiger partial charge in [0.05, 0.1) is 13.2 Å². The van der Waals surface area contributed by atoms with Crippen molar-refractivity contribution in [3.8, 4) is 0 Å². The van der Waals surface area contributed by atoms with Crippen LogP contribution in [0.2, 0.25) is 5.02 Å². The Hall–Kier alpha value is -1.30. The van der Waals surface area contributed by atoms with Crippen LogP contribution in [-0.2, 0) is 4.74 Å². The Morgan fingerprint density at radius 2 is 2.10 bits per heavy atom. The molecule has 0 saturated heterocycles. The van der Waals surface area contributed by atoms with E-state index in [1.54, 1.807) is 0 Å². The van der Waals surface area contributed by atoms with Gasteiger partial charge in [-0.15, -0.1) is 0 Å². The lowest BCUT2D eigenvalue weighted by molar-refractivity contribution is 0.0910. The average molecular weight is 313 g/mol. The Balaban J connectivity index is 1.58. The molecule has 0 bridgehead atoms. The standard InChI is InChI=1S/C15H21ClN2O3/c16-12-4-2-11(3-5-12)13-10-14(13)18-15(20)17-6-1-8-21-9-7-19/h2-5,13-14,19H,1,6-10H2,(H2,17,18,20). The van der Waals surface area contributed by atoms with Crippen molar-refractivity contribution in [2.24, 2.45) is 0 Å². The molecule has 5 nitrogen and oxygen atoms in total. The number of carbonyl (C=O) groups excluding carboxylic acids is 1. The molecular formula is C15H21ClN2O3. The summed E-state index contributed by atoms with van der Waals surface area (Å²) in [7, 11) is 0. The zero-order valence-corrected chi connectivity index (χ0v) is 12.6. The van der Waals surface area contributed by atoms with Crippen molar-refractivity contribution in [2.75, 3.05) is 26.4 Å². The summed E-state index contributed by atoms with van der Waals surface area (Å²) in [6.07, 6.45) is 1.70. The predicted molar refractivity (Wildman–Crippen MR) is 81.7 cm³/mol. The predicted octanol–water partition coefficient (Wildman–Crippen LogP) is 1.89. The molecule has 0 heterocycles. The van der Waals surface area contributed by atoms with Gasteiger partial charge in [-0.25, -0.2) is 4.79 Å². The highest BCUT2D eigenvalue weighted by atomic mass is 35.5. The van der Waals surface area contributed by atoms with Gasteiger partial charge in [0.2, 0.25) is 0 Å². The number of amides is 2. The van der Waals surface area contributed by atoms with Gasteiger partial charge in [0.1, 0.15) is 0 Å². The van der Waals surface area contributed by atoms with E-state index >= 15 is 0 Å². The number of aliphatic hydroxyl groups is 1. The summed E-state index contributed by atoms with van der Waals surface area (Å²) in [6, 6.07) is 7.82. The van der Waals surface area contributed by atoms with Gasteiger partial charge in [-0.1, -0.05) is 23.7 Å². The van der Waals surface area contributed by atoms with E-state index in [0.717, 1.165) is 17.9 Å². The molecule has 0 spiro atoms. The van der Waals surface area contributed by atoms with Gasteiger partial charge in [-0.05, 0) is 30.5 Å². The van der Waals surface area contributed by atoms with Crippen LogP contribution in [0.25, 0.3) is 0 Å². The highest BCUT2D eigenvalue weighted by molar-refractivity contribution is 6.30. The number of halogens is 1. The van der Waals surface area contributed by atoms with Crippen molar-refractivity contribution in [3.63, 3.8) is 0 Å². The quantitative estimate of drug-likeness (QED) is 0.642. The second-order valence-electron chi connectivity index (χ2n) is 5.09. The molecule has 1 aliphatic rings. The molecule has 2 unspecified atom stereocenters. The number of rotatable bonds is 8. The van der Waals surface area contributed by atoms with Crippen LogP contribution in [0.5, 0.6) is 0 Å². The van der Waals surface area contributed by atoms with Gasteiger partial charge in [0, 0.05) is 30.1 Å². The fraction of sp³-hybridized carbons (Fsp3) is 0.533. The summed E-state index contributed by atoms with van der Waals surface area (Å²) in [5.41, 5.74) is 1.21. The lowest BCUT2D eigenvalue weighted by Crippen LogP contribution is -2.38. The molecule has 1 aromatic carbocycles. The molecule has 2 atom stereocenters. The number of hydrogen-bond donors (Lipinski definition) is 3. The number of ether oxygens (including phenoxy) is 1. The number of hydrogen-bond acceptors (Lipinski definition) is 3. The number of benzene rings is 1. The molecule has 116 valence electrons. The zero-order chi connectivity index (χ0) is 15.1. The first-order chi connectivity index (χ1) is 10.2. The second-order valence-corrected chi connectivity index (χ2v) is 5.53. The van der Waals surface area contributed by atoms with E-state index in [4.69, 9.17) is 21.4 Å². The molecule has 1 fully saturated rings. The van der Waals surface area contributed by atoms with E-state index in [1.165, 1.54) is 5.56 Å². The summed E-state index contributed by atoms with van der Waals surface area (Å²) in [6.45, 7) is 1.48. The fourth-order valence-corrected chi connectivity index (χ4v) is 2.32. The Bertz CT molecular complexity index is 453. The minimum absolute atomic E-state index is 0.0294. The van der Waals surface area contributed by atoms with Gasteiger partial charge in [-0.2, -0.15) is 0 Å². The van der Waals surface area contributed by atoms with Crippen molar-refractivity contribution in [1.82, 2.24) is 10.6 Å². The molecule has 0 radical (unpaired) electrons. The molecule has 2 rings (SSSR count). The van der Waals surface area contributed by atoms with Gasteiger partial charge in [0.15, 0.2) is 0 Å². The van der Waals surface area contributed by atoms with Crippen LogP contribution in [-0.4, -0.2) is 43.5 Å². The number of aliphatic hydroxyl groups excluding tert-OH is 1. The maximum absolute atomic E-state index is 11.7. The zero-order valence-electron chi connectivity index (χ0n) is 11.8. The third-order valence-corrected chi connectivity index (χ3v) is 3.64. The molecule has 1 aromatic rings. The average Bonchev–Trinajstić information content (AvgIpc) is 3.22. The van der Waals surface area contributed by atoms with Crippen LogP contribution in [0.1, 0.15) is 24.3 Å². The van der Waals surface area contributed by atoms with E-state index in [9.17, 15) is 4.79 Å². The third-order valence-electron chi connectivity index (χ3n) is 3.39. The van der Waals surface area contributed by atoms with E-state index in [-0.39, 0.29) is 18.7 Å². The largest absolute Gasteiger partial charge is 0.394 e. The van der Waals surface area contributed by atoms with Crippen LogP contribution in [0, 0.1) is 0 Å². The summed E-state index contributed by atoms with van der Waals surface area (Å²) in [5.74, 6) is 0.390. The summed E-state index contributed by atoms with van der Waals surface area (Å²) >= 11 is 5.86. The highest BCUT2D eigenvalue weighted by Crippen LogP contribution is 2.40. The number of nitrogens with one attached hydrogen (secondary N) is 2. The van der Waals surface area contributed by atoms with Crippen molar-refractivity contribution in [2.45, 2.75) is 24.8 Å². The first kappa shape index (κ1) is 16.1. The first-order valence-electron chi connectivity index (χ1n) is 7.19. The van der Waals surface area contributed by atoms with Gasteiger partial charge < -0.3 is 20.5 Å². The summed E-state index contributed by atoms with van der Waals surface area (Å²) in [5, 5.41) is 15.0. The second kappa shape index (κ2) is 8.22. The van der Waals surface area contributed by atoms with E-state index < -0.39 is 0 Å². The van der Waals surface area contributed by atoms with Gasteiger partial charge in [0.25, 0.3) is 0 Å². The SMILES string of the molecule is O=C(NCCCOCCO)NC1CC1c1ccc(Cl)cc1. The molecule has 0 aliphatic heterocycles. The van der Waals surface area contributed by atoms with Crippen LogP contribution in [0.3, 0.4) is 0 Å². The minimum atomic E-state index is -0.140. The Morgan fingerprint density at radius 1 is 1.33 bits per heavy atom. The van der Waals surface area contributed by atoms with Crippen molar-refractivity contribution >= 4 is 17.6 Å². The van der Waals surface area contributed by atoms with Crippen LogP contribution < -0.4 is 10.6 Å². The van der Waals surface area contributed by atoms with Gasteiger partial charge in [-0.3, -0.25) is 0 Å². The van der Waals surface area contributed by atoms with E-state index in [0.29, 0.717) is 25.7 Å². The molecule has 1 aliphatic carbocycles. The van der Waals surface area contributed by atoms with Crippen LogP contribution in [0.4, 0.5) is 4.79 Å². The number of carbonyl (C=O) groups is 1. The lowest BCUT2D eigenvalue weighted by Gasteiger charge is -2.07. The summed E-state index contributed by atoms with van der Waals surface area (Å²) < 4.78 is 5.11. The minimum Gasteiger partial charge on any atom is -0.394 e. The monoisotopic (exact) mass is 312 g/mol. The molecule has 3 N–H and O–H groups in total. The smallest absolute Gasteiger partial charge is 0.315 e. The van der Waals surface area contributed by atoms with E-state index in [1.807, 2.05) is 24.3 Å². The lowest BCUT2D eigenvalue weighted by atomic mass is 10.1. The number of urea groups is 1. The molecule has 1 saturated carbocycles. The van der Waals surface area contributed by atoms with Crippen molar-refractivity contribution < 1.29 is 14.6 Å². The normalized spacial score (nSPS) is 20.1. The van der Waals surface area contributed by atoms with E-state index in [2.05, 4.69) is 10.6 Å². The van der Waals surface area contributed by atoms with Gasteiger partial charge >= 0.3 is 6.03 Å². The maximum atomic E-state index is 11.7. The Morgan fingerprint density at radius 3 is 2.81 bits per heavy atom. The van der Waals surface area contributed by atoms with Crippen LogP contribution in [0.15, 0.2) is 24.3 Å². The molecule has 6 heteroatoms. The first-order valence-corrected chi connectivity index (χ1v) is 7.57. The topological polar surface area (TPSA) is 70.6 Å². The molecule has 2 amide bonds. The summed E-state index contributed by atoms with van der Waals surface area (Å²) in [4.78, 5) is 11.7. The maximum Gasteiger partial charge on any atom is 0.315 e. The van der Waals surface area contributed by atoms with Crippen LogP contribution >= 0.6 is 11.6 Å². The molecule has 0 aromatic heterocycles. The highest BCUT2D eigenvalue weighted by Gasteiger charge is 2.39.